The number of benzene rings is 1. The Bertz CT molecular complexity index is 478. The third-order valence-corrected chi connectivity index (χ3v) is 4.73. The van der Waals surface area contributed by atoms with Gasteiger partial charge in [0, 0.05) is 25.3 Å². The Hall–Kier alpha value is -1.06. The number of para-hydroxylation sites is 1. The van der Waals surface area contributed by atoms with Gasteiger partial charge in [0.1, 0.15) is 11.4 Å². The molecule has 1 saturated heterocycles. The van der Waals surface area contributed by atoms with Gasteiger partial charge in [-0.3, -0.25) is 0 Å². The molecule has 1 unspecified atom stereocenters. The van der Waals surface area contributed by atoms with Crippen molar-refractivity contribution in [3.05, 3.63) is 29.8 Å². The zero-order valence-electron chi connectivity index (χ0n) is 12.7. The fourth-order valence-electron chi connectivity index (χ4n) is 3.27. The zero-order chi connectivity index (χ0) is 14.2. The average Bonchev–Trinajstić information content (AvgIpc) is 2.67. The van der Waals surface area contributed by atoms with Crippen LogP contribution in [0.4, 0.5) is 0 Å². The van der Waals surface area contributed by atoms with E-state index in [1.165, 1.54) is 5.56 Å². The largest absolute Gasteiger partial charge is 0.486 e. The van der Waals surface area contributed by atoms with Gasteiger partial charge in [-0.25, -0.2) is 0 Å². The van der Waals surface area contributed by atoms with Gasteiger partial charge in [-0.05, 0) is 38.2 Å². The van der Waals surface area contributed by atoms with Gasteiger partial charge in [-0.15, -0.1) is 0 Å². The lowest BCUT2D eigenvalue weighted by molar-refractivity contribution is 0.0176. The quantitative estimate of drug-likeness (QED) is 0.918. The summed E-state index contributed by atoms with van der Waals surface area (Å²) in [5, 5.41) is 3.76. The van der Waals surface area contributed by atoms with E-state index in [-0.39, 0.29) is 11.6 Å². The maximum absolute atomic E-state index is 6.09. The number of fused-ring (bicyclic) bond motifs is 1. The molecule has 2 heterocycles. The van der Waals surface area contributed by atoms with Gasteiger partial charge in [-0.2, -0.15) is 0 Å². The minimum atomic E-state index is -0.189. The summed E-state index contributed by atoms with van der Waals surface area (Å²) < 4.78 is 11.6. The molecule has 0 bridgehead atoms. The lowest BCUT2D eigenvalue weighted by Crippen LogP contribution is -2.44. The van der Waals surface area contributed by atoms with Crippen LogP contribution in [0, 0.1) is 5.41 Å². The SMILES string of the molecule is CC1(CNC2c3ccccc3OC2(C)C)CCOCC1. The van der Waals surface area contributed by atoms with Gasteiger partial charge in [-0.1, -0.05) is 25.1 Å². The Kier molecular flexibility index (Phi) is 3.51. The molecular weight excluding hydrogens is 250 g/mol. The molecule has 1 atom stereocenters. The second-order valence-corrected chi connectivity index (χ2v) is 6.98. The molecule has 1 aromatic rings. The fourth-order valence-corrected chi connectivity index (χ4v) is 3.27. The van der Waals surface area contributed by atoms with E-state index in [4.69, 9.17) is 9.47 Å². The highest BCUT2D eigenvalue weighted by Gasteiger charge is 2.41. The number of nitrogens with one attached hydrogen (secondary N) is 1. The summed E-state index contributed by atoms with van der Waals surface area (Å²) in [7, 11) is 0. The lowest BCUT2D eigenvalue weighted by Gasteiger charge is -2.36. The molecule has 110 valence electrons. The maximum atomic E-state index is 6.09. The van der Waals surface area contributed by atoms with Crippen LogP contribution in [0.15, 0.2) is 24.3 Å². The van der Waals surface area contributed by atoms with Crippen molar-refractivity contribution >= 4 is 0 Å². The second kappa shape index (κ2) is 5.05. The van der Waals surface area contributed by atoms with E-state index in [0.717, 1.165) is 38.3 Å². The summed E-state index contributed by atoms with van der Waals surface area (Å²) in [6, 6.07) is 8.63. The fraction of sp³-hybridized carbons (Fsp3) is 0.647. The molecule has 3 rings (SSSR count). The van der Waals surface area contributed by atoms with Gasteiger partial charge < -0.3 is 14.8 Å². The first-order chi connectivity index (χ1) is 9.50. The molecule has 0 spiro atoms. The summed E-state index contributed by atoms with van der Waals surface area (Å²) in [4.78, 5) is 0. The molecule has 0 saturated carbocycles. The molecule has 2 aliphatic rings. The van der Waals surface area contributed by atoms with Crippen molar-refractivity contribution in [3.63, 3.8) is 0 Å². The van der Waals surface area contributed by atoms with Crippen LogP contribution in [0.25, 0.3) is 0 Å². The van der Waals surface area contributed by atoms with E-state index in [9.17, 15) is 0 Å². The van der Waals surface area contributed by atoms with Gasteiger partial charge in [0.05, 0.1) is 6.04 Å². The lowest BCUT2D eigenvalue weighted by atomic mass is 9.81. The summed E-state index contributed by atoms with van der Waals surface area (Å²) >= 11 is 0. The monoisotopic (exact) mass is 275 g/mol. The number of rotatable bonds is 3. The van der Waals surface area contributed by atoms with Crippen molar-refractivity contribution in [1.29, 1.82) is 0 Å². The maximum Gasteiger partial charge on any atom is 0.125 e. The highest BCUT2D eigenvalue weighted by Crippen LogP contribution is 2.43. The first-order valence-corrected chi connectivity index (χ1v) is 7.59. The minimum Gasteiger partial charge on any atom is -0.486 e. The standard InChI is InChI=1S/C17H25NO2/c1-16(2)15(13-6-4-5-7-14(13)20-16)18-12-17(3)8-10-19-11-9-17/h4-7,15,18H,8-12H2,1-3H3. The molecule has 0 radical (unpaired) electrons. The van der Waals surface area contributed by atoms with Crippen LogP contribution in [0.2, 0.25) is 0 Å². The molecule has 0 aromatic heterocycles. The van der Waals surface area contributed by atoms with Crippen LogP contribution in [-0.2, 0) is 4.74 Å². The van der Waals surface area contributed by atoms with Gasteiger partial charge in [0.25, 0.3) is 0 Å². The van der Waals surface area contributed by atoms with Crippen molar-refractivity contribution in [1.82, 2.24) is 5.32 Å². The molecule has 1 N–H and O–H groups in total. The smallest absolute Gasteiger partial charge is 0.125 e. The van der Waals surface area contributed by atoms with Crippen LogP contribution >= 0.6 is 0 Å². The topological polar surface area (TPSA) is 30.5 Å². The van der Waals surface area contributed by atoms with Gasteiger partial charge in [0.15, 0.2) is 0 Å². The zero-order valence-corrected chi connectivity index (χ0v) is 12.7. The van der Waals surface area contributed by atoms with Crippen LogP contribution < -0.4 is 10.1 Å². The molecular formula is C17H25NO2. The van der Waals surface area contributed by atoms with Crippen molar-refractivity contribution < 1.29 is 9.47 Å². The summed E-state index contributed by atoms with van der Waals surface area (Å²) in [5.74, 6) is 1.02. The Morgan fingerprint density at radius 2 is 1.85 bits per heavy atom. The van der Waals surface area contributed by atoms with E-state index < -0.39 is 0 Å². The Morgan fingerprint density at radius 1 is 1.15 bits per heavy atom. The Balaban J connectivity index is 1.73. The molecule has 0 aliphatic carbocycles. The third kappa shape index (κ3) is 2.57. The minimum absolute atomic E-state index is 0.189. The van der Waals surface area contributed by atoms with Crippen LogP contribution in [0.5, 0.6) is 5.75 Å². The van der Waals surface area contributed by atoms with Crippen LogP contribution in [0.3, 0.4) is 0 Å². The predicted octanol–water partition coefficient (Wildman–Crippen LogP) is 3.31. The normalized spacial score (nSPS) is 26.9. The van der Waals surface area contributed by atoms with Crippen molar-refractivity contribution in [3.8, 4) is 5.75 Å². The molecule has 3 nitrogen and oxygen atoms in total. The Labute approximate surface area is 121 Å². The van der Waals surface area contributed by atoms with E-state index in [1.807, 2.05) is 6.07 Å². The second-order valence-electron chi connectivity index (χ2n) is 6.98. The molecule has 20 heavy (non-hydrogen) atoms. The predicted molar refractivity (Wildman–Crippen MR) is 80.1 cm³/mol. The molecule has 3 heteroatoms. The van der Waals surface area contributed by atoms with Crippen LogP contribution in [-0.4, -0.2) is 25.4 Å². The summed E-state index contributed by atoms with van der Waals surface area (Å²) in [5.41, 5.74) is 1.44. The van der Waals surface area contributed by atoms with E-state index in [1.54, 1.807) is 0 Å². The van der Waals surface area contributed by atoms with Crippen molar-refractivity contribution in [2.45, 2.75) is 45.3 Å². The van der Waals surface area contributed by atoms with E-state index >= 15 is 0 Å². The summed E-state index contributed by atoms with van der Waals surface area (Å²) in [6.45, 7) is 9.48. The van der Waals surface area contributed by atoms with Crippen molar-refractivity contribution in [2.24, 2.45) is 5.41 Å². The number of ether oxygens (including phenoxy) is 2. The Morgan fingerprint density at radius 3 is 2.60 bits per heavy atom. The molecule has 2 aliphatic heterocycles. The first kappa shape index (κ1) is 13.9. The van der Waals surface area contributed by atoms with E-state index in [0.29, 0.717) is 5.41 Å². The highest BCUT2D eigenvalue weighted by molar-refractivity contribution is 5.42. The number of hydrogen-bond donors (Lipinski definition) is 1. The molecule has 0 amide bonds. The van der Waals surface area contributed by atoms with Crippen LogP contribution in [0.1, 0.15) is 45.2 Å². The molecule has 1 aromatic carbocycles. The first-order valence-electron chi connectivity index (χ1n) is 7.59. The average molecular weight is 275 g/mol. The van der Waals surface area contributed by atoms with E-state index in [2.05, 4.69) is 44.3 Å². The van der Waals surface area contributed by atoms with Gasteiger partial charge in [0.2, 0.25) is 0 Å². The number of hydrogen-bond acceptors (Lipinski definition) is 3. The third-order valence-electron chi connectivity index (χ3n) is 4.73. The molecule has 1 fully saturated rings. The van der Waals surface area contributed by atoms with Crippen molar-refractivity contribution in [2.75, 3.05) is 19.8 Å². The van der Waals surface area contributed by atoms with Gasteiger partial charge >= 0.3 is 0 Å². The summed E-state index contributed by atoms with van der Waals surface area (Å²) in [6.07, 6.45) is 2.27. The highest BCUT2D eigenvalue weighted by atomic mass is 16.5.